The average Bonchev–Trinajstić information content (AvgIpc) is 2.97. The minimum atomic E-state index is -0.346. The molecule has 0 spiro atoms. The van der Waals surface area contributed by atoms with Crippen LogP contribution in [-0.2, 0) is 17.9 Å². The van der Waals surface area contributed by atoms with Gasteiger partial charge in [0.2, 0.25) is 5.91 Å². The molecule has 0 fully saturated rings. The number of halogens is 1. The number of rotatable bonds is 5. The Morgan fingerprint density at radius 3 is 2.88 bits per heavy atom. The quantitative estimate of drug-likeness (QED) is 0.678. The Labute approximate surface area is 157 Å². The first-order chi connectivity index (χ1) is 12.4. The number of carbonyl (C=O) groups is 1. The first-order valence-corrected chi connectivity index (χ1v) is 8.62. The van der Waals surface area contributed by atoms with E-state index in [-0.39, 0.29) is 35.7 Å². The Balaban J connectivity index is 1.79. The maximum absolute atomic E-state index is 12.6. The van der Waals surface area contributed by atoms with Crippen LogP contribution in [0.5, 0.6) is 5.75 Å². The monoisotopic (exact) mass is 420 g/mol. The van der Waals surface area contributed by atoms with E-state index in [0.29, 0.717) is 17.3 Å². The summed E-state index contributed by atoms with van der Waals surface area (Å²) >= 11 is 3.39. The molecule has 0 atom stereocenters. The zero-order valence-electron chi connectivity index (χ0n) is 14.5. The third-order valence-corrected chi connectivity index (χ3v) is 4.47. The van der Waals surface area contributed by atoms with Crippen molar-refractivity contribution in [2.75, 3.05) is 7.11 Å². The smallest absolute Gasteiger partial charge is 0.267 e. The van der Waals surface area contributed by atoms with Crippen LogP contribution in [0.4, 0.5) is 0 Å². The number of benzene rings is 1. The van der Waals surface area contributed by atoms with Crippen LogP contribution in [-0.4, -0.2) is 27.7 Å². The van der Waals surface area contributed by atoms with Gasteiger partial charge in [0.25, 0.3) is 11.3 Å². The summed E-state index contributed by atoms with van der Waals surface area (Å²) in [5.41, 5.74) is 1.11. The standard InChI is InChI=1S/C17H17BrN4O4/c1-9-15-16(26-21-9)20-10(2)22(17(15)24)8-14(23)19-7-11-6-12(18)4-5-13(11)25-3/h4-6H,7-8H2,1-3H3,(H,19,23). The lowest BCUT2D eigenvalue weighted by atomic mass is 10.2. The van der Waals surface area contributed by atoms with E-state index in [9.17, 15) is 9.59 Å². The van der Waals surface area contributed by atoms with E-state index in [2.05, 4.69) is 31.4 Å². The van der Waals surface area contributed by atoms with Gasteiger partial charge in [-0.1, -0.05) is 21.1 Å². The molecule has 2 heterocycles. The van der Waals surface area contributed by atoms with Crippen molar-refractivity contribution in [2.24, 2.45) is 0 Å². The number of fused-ring (bicyclic) bond motifs is 1. The molecule has 2 aromatic heterocycles. The summed E-state index contributed by atoms with van der Waals surface area (Å²) in [4.78, 5) is 29.1. The minimum absolute atomic E-state index is 0.144. The summed E-state index contributed by atoms with van der Waals surface area (Å²) in [6, 6.07) is 5.53. The van der Waals surface area contributed by atoms with Gasteiger partial charge in [-0.25, -0.2) is 0 Å². The van der Waals surface area contributed by atoms with Gasteiger partial charge in [0.15, 0.2) is 0 Å². The van der Waals surface area contributed by atoms with Crippen LogP contribution in [0.25, 0.3) is 11.1 Å². The van der Waals surface area contributed by atoms with Crippen molar-refractivity contribution in [3.63, 3.8) is 0 Å². The van der Waals surface area contributed by atoms with Gasteiger partial charge in [0.1, 0.15) is 23.5 Å². The molecular weight excluding hydrogens is 404 g/mol. The van der Waals surface area contributed by atoms with Gasteiger partial charge >= 0.3 is 0 Å². The summed E-state index contributed by atoms with van der Waals surface area (Å²) in [7, 11) is 1.57. The van der Waals surface area contributed by atoms with Crippen molar-refractivity contribution < 1.29 is 14.1 Å². The highest BCUT2D eigenvalue weighted by molar-refractivity contribution is 9.10. The van der Waals surface area contributed by atoms with E-state index >= 15 is 0 Å². The molecule has 8 nitrogen and oxygen atoms in total. The second-order valence-corrected chi connectivity index (χ2v) is 6.65. The number of aromatic nitrogens is 3. The largest absolute Gasteiger partial charge is 0.496 e. The van der Waals surface area contributed by atoms with Gasteiger partial charge in [0, 0.05) is 16.6 Å². The molecule has 0 aliphatic rings. The van der Waals surface area contributed by atoms with Gasteiger partial charge < -0.3 is 14.6 Å². The molecule has 0 radical (unpaired) electrons. The zero-order chi connectivity index (χ0) is 18.8. The number of methoxy groups -OCH3 is 1. The summed E-state index contributed by atoms with van der Waals surface area (Å²) in [6.07, 6.45) is 0. The molecule has 26 heavy (non-hydrogen) atoms. The van der Waals surface area contributed by atoms with Gasteiger partial charge in [-0.05, 0) is 32.0 Å². The van der Waals surface area contributed by atoms with Gasteiger partial charge in [0.05, 0.1) is 12.8 Å². The van der Waals surface area contributed by atoms with E-state index in [1.165, 1.54) is 4.57 Å². The zero-order valence-corrected chi connectivity index (χ0v) is 16.1. The van der Waals surface area contributed by atoms with E-state index in [1.807, 2.05) is 18.2 Å². The van der Waals surface area contributed by atoms with Crippen molar-refractivity contribution in [1.29, 1.82) is 0 Å². The molecule has 0 aliphatic heterocycles. The molecule has 3 aromatic rings. The van der Waals surface area contributed by atoms with Crippen LogP contribution in [0.3, 0.4) is 0 Å². The summed E-state index contributed by atoms with van der Waals surface area (Å²) in [6.45, 7) is 3.43. The van der Waals surface area contributed by atoms with Gasteiger partial charge in [-0.15, -0.1) is 0 Å². The van der Waals surface area contributed by atoms with Crippen molar-refractivity contribution in [3.8, 4) is 5.75 Å². The lowest BCUT2D eigenvalue weighted by Gasteiger charge is -2.12. The second-order valence-electron chi connectivity index (χ2n) is 5.73. The summed E-state index contributed by atoms with van der Waals surface area (Å²) in [5.74, 6) is 0.742. The molecule has 0 unspecified atom stereocenters. The van der Waals surface area contributed by atoms with Crippen LogP contribution >= 0.6 is 15.9 Å². The summed E-state index contributed by atoms with van der Waals surface area (Å²) in [5, 5.41) is 6.83. The van der Waals surface area contributed by atoms with Crippen LogP contribution in [0.1, 0.15) is 17.1 Å². The summed E-state index contributed by atoms with van der Waals surface area (Å²) < 4.78 is 12.5. The Morgan fingerprint density at radius 2 is 2.15 bits per heavy atom. The molecule has 136 valence electrons. The highest BCUT2D eigenvalue weighted by Crippen LogP contribution is 2.22. The lowest BCUT2D eigenvalue weighted by Crippen LogP contribution is -2.33. The molecule has 0 aliphatic carbocycles. The van der Waals surface area contributed by atoms with Gasteiger partial charge in [-0.3, -0.25) is 14.2 Å². The highest BCUT2D eigenvalue weighted by atomic mass is 79.9. The fourth-order valence-electron chi connectivity index (χ4n) is 2.63. The number of nitrogens with zero attached hydrogens (tertiary/aromatic N) is 3. The first kappa shape index (κ1) is 18.1. The molecule has 1 N–H and O–H groups in total. The van der Waals surface area contributed by atoms with E-state index in [0.717, 1.165) is 10.0 Å². The van der Waals surface area contributed by atoms with Crippen molar-refractivity contribution in [1.82, 2.24) is 20.0 Å². The van der Waals surface area contributed by atoms with Crippen molar-refractivity contribution in [2.45, 2.75) is 26.9 Å². The molecule has 1 aromatic carbocycles. The molecule has 0 saturated heterocycles. The Hall–Kier alpha value is -2.68. The third kappa shape index (κ3) is 3.48. The molecule has 9 heteroatoms. The molecule has 0 saturated carbocycles. The number of amides is 1. The van der Waals surface area contributed by atoms with Crippen LogP contribution < -0.4 is 15.6 Å². The second kappa shape index (κ2) is 7.28. The number of hydrogen-bond acceptors (Lipinski definition) is 6. The molecule has 1 amide bonds. The number of hydrogen-bond donors (Lipinski definition) is 1. The van der Waals surface area contributed by atoms with Gasteiger partial charge in [-0.2, -0.15) is 4.98 Å². The van der Waals surface area contributed by atoms with Crippen LogP contribution in [0.15, 0.2) is 32.0 Å². The fraction of sp³-hybridized carbons (Fsp3) is 0.294. The maximum atomic E-state index is 12.6. The fourth-order valence-corrected chi connectivity index (χ4v) is 3.04. The van der Waals surface area contributed by atoms with Crippen molar-refractivity contribution >= 4 is 32.9 Å². The predicted octanol–water partition coefficient (Wildman–Crippen LogP) is 2.09. The predicted molar refractivity (Wildman–Crippen MR) is 98.1 cm³/mol. The number of ether oxygens (including phenoxy) is 1. The number of aryl methyl sites for hydroxylation is 2. The van der Waals surface area contributed by atoms with Crippen LogP contribution in [0.2, 0.25) is 0 Å². The Bertz CT molecular complexity index is 1040. The van der Waals surface area contributed by atoms with E-state index in [4.69, 9.17) is 9.26 Å². The Kier molecular flexibility index (Phi) is 5.08. The topological polar surface area (TPSA) is 99.2 Å². The minimum Gasteiger partial charge on any atom is -0.496 e. The number of carbonyl (C=O) groups excluding carboxylic acids is 1. The number of nitrogens with one attached hydrogen (secondary N) is 1. The molecular formula is C17H17BrN4O4. The molecule has 3 rings (SSSR count). The van der Waals surface area contributed by atoms with Crippen molar-refractivity contribution in [3.05, 3.63) is 50.1 Å². The van der Waals surface area contributed by atoms with Crippen LogP contribution in [0, 0.1) is 13.8 Å². The third-order valence-electron chi connectivity index (χ3n) is 3.98. The highest BCUT2D eigenvalue weighted by Gasteiger charge is 2.17. The Morgan fingerprint density at radius 1 is 1.38 bits per heavy atom. The maximum Gasteiger partial charge on any atom is 0.267 e. The molecule has 0 bridgehead atoms. The van der Waals surface area contributed by atoms with E-state index < -0.39 is 0 Å². The van der Waals surface area contributed by atoms with E-state index in [1.54, 1.807) is 21.0 Å². The first-order valence-electron chi connectivity index (χ1n) is 7.83. The SMILES string of the molecule is COc1ccc(Br)cc1CNC(=O)Cn1c(C)nc2onc(C)c2c1=O. The lowest BCUT2D eigenvalue weighted by molar-refractivity contribution is -0.121. The average molecular weight is 421 g/mol. The normalized spacial score (nSPS) is 10.9.